The Morgan fingerprint density at radius 1 is 1.12 bits per heavy atom. The van der Waals surface area contributed by atoms with Crippen molar-refractivity contribution in [2.45, 2.75) is 19.0 Å². The van der Waals surface area contributed by atoms with E-state index in [2.05, 4.69) is 15.5 Å². The molecule has 1 heterocycles. The quantitative estimate of drug-likeness (QED) is 0.647. The summed E-state index contributed by atoms with van der Waals surface area (Å²) < 4.78 is 1.95. The summed E-state index contributed by atoms with van der Waals surface area (Å²) in [5.74, 6) is 0.985. The first-order chi connectivity index (χ1) is 12.6. The first-order valence-corrected chi connectivity index (χ1v) is 9.62. The maximum atomic E-state index is 11.8. The molecule has 0 bridgehead atoms. The van der Waals surface area contributed by atoms with Crippen molar-refractivity contribution in [3.63, 3.8) is 0 Å². The molecule has 0 spiro atoms. The number of thioether (sulfide) groups is 1. The molecule has 2 aromatic carbocycles. The van der Waals surface area contributed by atoms with Gasteiger partial charge in [0.05, 0.1) is 5.75 Å². The average molecular weight is 387 g/mol. The van der Waals surface area contributed by atoms with Gasteiger partial charge in [0.25, 0.3) is 0 Å². The molecule has 0 aliphatic carbocycles. The molecule has 134 valence electrons. The molecule has 26 heavy (non-hydrogen) atoms. The lowest BCUT2D eigenvalue weighted by molar-refractivity contribution is -0.118. The lowest BCUT2D eigenvalue weighted by Crippen LogP contribution is -2.24. The van der Waals surface area contributed by atoms with Gasteiger partial charge in [0, 0.05) is 22.8 Å². The summed E-state index contributed by atoms with van der Waals surface area (Å²) in [6.07, 6.45) is 0. The van der Waals surface area contributed by atoms with Crippen LogP contribution >= 0.6 is 23.4 Å². The van der Waals surface area contributed by atoms with Crippen molar-refractivity contribution in [3.05, 3.63) is 59.1 Å². The number of aryl methyl sites for hydroxylation is 1. The Balaban J connectivity index is 2.00. The van der Waals surface area contributed by atoms with Crippen LogP contribution in [-0.4, -0.2) is 33.0 Å². The van der Waals surface area contributed by atoms with Crippen LogP contribution in [0.15, 0.2) is 53.7 Å². The zero-order valence-corrected chi connectivity index (χ0v) is 16.1. The van der Waals surface area contributed by atoms with Crippen molar-refractivity contribution in [2.75, 3.05) is 12.3 Å². The molecule has 0 aliphatic rings. The highest BCUT2D eigenvalue weighted by molar-refractivity contribution is 7.99. The Morgan fingerprint density at radius 2 is 1.81 bits per heavy atom. The van der Waals surface area contributed by atoms with Gasteiger partial charge in [-0.25, -0.2) is 0 Å². The summed E-state index contributed by atoms with van der Waals surface area (Å²) in [5, 5.41) is 12.8. The van der Waals surface area contributed by atoms with Crippen molar-refractivity contribution in [1.82, 2.24) is 20.1 Å². The number of benzene rings is 2. The number of nitrogens with one attached hydrogen (secondary N) is 1. The molecule has 3 rings (SSSR count). The van der Waals surface area contributed by atoms with Gasteiger partial charge < -0.3 is 5.32 Å². The lowest BCUT2D eigenvalue weighted by Gasteiger charge is -2.10. The Kier molecular flexibility index (Phi) is 5.96. The van der Waals surface area contributed by atoms with Crippen LogP contribution in [0.2, 0.25) is 5.02 Å². The molecule has 1 amide bonds. The molecule has 1 N–H and O–H groups in total. The Labute approximate surface area is 161 Å². The first-order valence-electron chi connectivity index (χ1n) is 8.26. The van der Waals surface area contributed by atoms with Crippen molar-refractivity contribution in [2.24, 2.45) is 0 Å². The van der Waals surface area contributed by atoms with Crippen molar-refractivity contribution in [3.8, 4) is 17.1 Å². The van der Waals surface area contributed by atoms with E-state index in [1.807, 2.05) is 66.9 Å². The molecule has 0 saturated carbocycles. The molecule has 7 heteroatoms. The number of halogens is 1. The van der Waals surface area contributed by atoms with Gasteiger partial charge in [-0.15, -0.1) is 10.2 Å². The van der Waals surface area contributed by atoms with E-state index >= 15 is 0 Å². The van der Waals surface area contributed by atoms with Crippen molar-refractivity contribution < 1.29 is 4.79 Å². The fraction of sp³-hybridized carbons (Fsp3) is 0.211. The van der Waals surface area contributed by atoms with E-state index in [9.17, 15) is 4.79 Å². The maximum Gasteiger partial charge on any atom is 0.230 e. The molecular formula is C19H19ClN4OS. The van der Waals surface area contributed by atoms with Crippen LogP contribution in [0.1, 0.15) is 12.5 Å². The highest BCUT2D eigenvalue weighted by Gasteiger charge is 2.17. The van der Waals surface area contributed by atoms with Crippen LogP contribution in [-0.2, 0) is 4.79 Å². The fourth-order valence-electron chi connectivity index (χ4n) is 2.45. The van der Waals surface area contributed by atoms with Gasteiger partial charge in [0.15, 0.2) is 11.0 Å². The van der Waals surface area contributed by atoms with Crippen molar-refractivity contribution in [1.29, 1.82) is 0 Å². The number of carbonyl (C=O) groups is 1. The molecule has 0 fully saturated rings. The van der Waals surface area contributed by atoms with Crippen LogP contribution in [0, 0.1) is 6.92 Å². The van der Waals surface area contributed by atoms with Crippen LogP contribution in [0.4, 0.5) is 0 Å². The molecule has 0 aliphatic heterocycles. The van der Waals surface area contributed by atoms with E-state index in [4.69, 9.17) is 11.6 Å². The summed E-state index contributed by atoms with van der Waals surface area (Å²) in [6, 6.07) is 15.6. The molecule has 3 aromatic rings. The minimum atomic E-state index is -0.0277. The summed E-state index contributed by atoms with van der Waals surface area (Å²) in [7, 11) is 0. The predicted molar refractivity (Wildman–Crippen MR) is 106 cm³/mol. The van der Waals surface area contributed by atoms with Gasteiger partial charge in [0.2, 0.25) is 5.91 Å². The number of hydrogen-bond donors (Lipinski definition) is 1. The highest BCUT2D eigenvalue weighted by atomic mass is 35.5. The van der Waals surface area contributed by atoms with Crippen LogP contribution in [0.25, 0.3) is 17.1 Å². The smallest absolute Gasteiger partial charge is 0.230 e. The second kappa shape index (κ2) is 8.38. The second-order valence-corrected chi connectivity index (χ2v) is 7.11. The van der Waals surface area contributed by atoms with Crippen molar-refractivity contribution >= 4 is 29.3 Å². The van der Waals surface area contributed by atoms with Gasteiger partial charge in [0.1, 0.15) is 0 Å². The van der Waals surface area contributed by atoms with Crippen LogP contribution < -0.4 is 5.32 Å². The predicted octanol–water partition coefficient (Wildman–Crippen LogP) is 4.12. The minimum Gasteiger partial charge on any atom is -0.356 e. The zero-order valence-electron chi connectivity index (χ0n) is 14.6. The second-order valence-electron chi connectivity index (χ2n) is 5.73. The van der Waals surface area contributed by atoms with Gasteiger partial charge >= 0.3 is 0 Å². The number of nitrogens with zero attached hydrogens (tertiary/aromatic N) is 3. The van der Waals surface area contributed by atoms with E-state index in [-0.39, 0.29) is 11.7 Å². The summed E-state index contributed by atoms with van der Waals surface area (Å²) in [5.41, 5.74) is 3.04. The van der Waals surface area contributed by atoms with E-state index in [1.54, 1.807) is 0 Å². The minimum absolute atomic E-state index is 0.0277. The van der Waals surface area contributed by atoms with Gasteiger partial charge in [-0.3, -0.25) is 9.36 Å². The topological polar surface area (TPSA) is 59.8 Å². The summed E-state index contributed by atoms with van der Waals surface area (Å²) in [6.45, 7) is 4.55. The fourth-order valence-corrected chi connectivity index (χ4v) is 3.36. The van der Waals surface area contributed by atoms with Crippen LogP contribution in [0.3, 0.4) is 0 Å². The Morgan fingerprint density at radius 3 is 2.46 bits per heavy atom. The highest BCUT2D eigenvalue weighted by Crippen LogP contribution is 2.28. The number of aromatic nitrogens is 3. The van der Waals surface area contributed by atoms with Gasteiger partial charge in [-0.1, -0.05) is 53.2 Å². The molecular weight excluding hydrogens is 368 g/mol. The Hall–Kier alpha value is -2.31. The largest absolute Gasteiger partial charge is 0.356 e. The molecule has 0 saturated heterocycles. The molecule has 5 nitrogen and oxygen atoms in total. The third-order valence-corrected chi connectivity index (χ3v) is 4.92. The van der Waals surface area contributed by atoms with E-state index in [1.165, 1.54) is 17.3 Å². The molecule has 0 radical (unpaired) electrons. The lowest BCUT2D eigenvalue weighted by atomic mass is 10.1. The number of carbonyl (C=O) groups excluding carboxylic acids is 1. The third-order valence-electron chi connectivity index (χ3n) is 3.73. The SMILES string of the molecule is CCNC(=O)CSc1nnc(-c2ccc(C)cc2)n1-c1ccc(Cl)cc1. The summed E-state index contributed by atoms with van der Waals surface area (Å²) >= 11 is 7.38. The standard InChI is InChI=1S/C19H19ClN4OS/c1-3-21-17(25)12-26-19-23-22-18(14-6-4-13(2)5-7-14)24(19)16-10-8-15(20)9-11-16/h4-11H,3,12H2,1-2H3,(H,21,25). The van der Waals surface area contributed by atoms with Gasteiger partial charge in [-0.05, 0) is 38.1 Å². The Bertz CT molecular complexity index is 891. The van der Waals surface area contributed by atoms with E-state index in [0.717, 1.165) is 17.1 Å². The monoisotopic (exact) mass is 386 g/mol. The first kappa shape index (κ1) is 18.5. The average Bonchev–Trinajstić information content (AvgIpc) is 3.05. The molecule has 0 atom stereocenters. The number of amides is 1. The summed E-state index contributed by atoms with van der Waals surface area (Å²) in [4.78, 5) is 11.8. The number of hydrogen-bond acceptors (Lipinski definition) is 4. The third kappa shape index (κ3) is 4.26. The van der Waals surface area contributed by atoms with Crippen LogP contribution in [0.5, 0.6) is 0 Å². The van der Waals surface area contributed by atoms with Gasteiger partial charge in [-0.2, -0.15) is 0 Å². The zero-order chi connectivity index (χ0) is 18.5. The normalized spacial score (nSPS) is 10.7. The number of rotatable bonds is 6. The maximum absolute atomic E-state index is 11.8. The molecule has 1 aromatic heterocycles. The van der Waals surface area contributed by atoms with E-state index < -0.39 is 0 Å². The molecule has 0 unspecified atom stereocenters. The van der Waals surface area contributed by atoms with E-state index in [0.29, 0.717) is 16.7 Å².